The van der Waals surface area contributed by atoms with Crippen LogP contribution in [0.2, 0.25) is 0 Å². The number of rotatable bonds is 5. The Balaban J connectivity index is 1.93. The molecule has 0 saturated heterocycles. The molecule has 3 heteroatoms. The average molecular weight is 394 g/mol. The van der Waals surface area contributed by atoms with Crippen molar-refractivity contribution >= 4 is 27.5 Å². The number of nitrogens with zero attached hydrogens (tertiary/aromatic N) is 1. The van der Waals surface area contributed by atoms with Crippen LogP contribution in [-0.2, 0) is 11.2 Å². The van der Waals surface area contributed by atoms with E-state index >= 15 is 0 Å². The predicted octanol–water partition coefficient (Wildman–Crippen LogP) is 5.44. The molecule has 0 aromatic heterocycles. The van der Waals surface area contributed by atoms with Gasteiger partial charge in [-0.2, -0.15) is 0 Å². The van der Waals surface area contributed by atoms with Crippen molar-refractivity contribution in [1.82, 2.24) is 0 Å². The van der Waals surface area contributed by atoms with Gasteiger partial charge in [0.25, 0.3) is 0 Å². The van der Waals surface area contributed by atoms with Crippen LogP contribution in [0.4, 0.5) is 5.69 Å². The van der Waals surface area contributed by atoms with E-state index in [1.54, 1.807) is 4.90 Å². The maximum atomic E-state index is 13.3. The zero-order chi connectivity index (χ0) is 17.6. The Morgan fingerprint density at radius 3 is 2.08 bits per heavy atom. The standard InChI is InChI=1S/C22H20BrNO/c1-24(21-15-9-8-14-20(21)23)22(25)19(18-12-6-3-7-13-18)16-17-10-4-2-5-11-17/h2-15,19H,16H2,1H3. The Bertz CT molecular complexity index is 833. The molecule has 1 atom stereocenters. The fraction of sp³-hybridized carbons (Fsp3) is 0.136. The highest BCUT2D eigenvalue weighted by Gasteiger charge is 2.25. The fourth-order valence-corrected chi connectivity index (χ4v) is 3.51. The maximum absolute atomic E-state index is 13.3. The Morgan fingerprint density at radius 2 is 1.44 bits per heavy atom. The first kappa shape index (κ1) is 17.4. The molecule has 0 N–H and O–H groups in total. The van der Waals surface area contributed by atoms with E-state index in [0.717, 1.165) is 21.3 Å². The van der Waals surface area contributed by atoms with Crippen LogP contribution in [0, 0.1) is 0 Å². The Labute approximate surface area is 157 Å². The quantitative estimate of drug-likeness (QED) is 0.565. The van der Waals surface area contributed by atoms with Crippen LogP contribution < -0.4 is 4.90 Å². The fourth-order valence-electron chi connectivity index (χ4n) is 2.96. The van der Waals surface area contributed by atoms with Gasteiger partial charge in [0.05, 0.1) is 11.6 Å². The monoisotopic (exact) mass is 393 g/mol. The van der Waals surface area contributed by atoms with Crippen LogP contribution in [0.15, 0.2) is 89.4 Å². The van der Waals surface area contributed by atoms with Crippen LogP contribution in [0.1, 0.15) is 17.0 Å². The van der Waals surface area contributed by atoms with Gasteiger partial charge in [0, 0.05) is 11.5 Å². The Kier molecular flexibility index (Phi) is 5.67. The van der Waals surface area contributed by atoms with Crippen molar-refractivity contribution in [3.05, 3.63) is 101 Å². The third kappa shape index (κ3) is 4.18. The largest absolute Gasteiger partial charge is 0.314 e. The second-order valence-electron chi connectivity index (χ2n) is 6.00. The van der Waals surface area contributed by atoms with Crippen LogP contribution in [0.25, 0.3) is 0 Å². The maximum Gasteiger partial charge on any atom is 0.234 e. The van der Waals surface area contributed by atoms with Gasteiger partial charge in [0.15, 0.2) is 0 Å². The molecular weight excluding hydrogens is 374 g/mol. The van der Waals surface area contributed by atoms with E-state index in [-0.39, 0.29) is 11.8 Å². The van der Waals surface area contributed by atoms with Gasteiger partial charge in [-0.1, -0.05) is 72.8 Å². The van der Waals surface area contributed by atoms with Gasteiger partial charge in [-0.25, -0.2) is 0 Å². The number of anilines is 1. The molecule has 0 aliphatic carbocycles. The molecule has 0 fully saturated rings. The molecule has 1 unspecified atom stereocenters. The lowest BCUT2D eigenvalue weighted by Crippen LogP contribution is -2.33. The van der Waals surface area contributed by atoms with E-state index < -0.39 is 0 Å². The van der Waals surface area contributed by atoms with Crippen molar-refractivity contribution in [2.24, 2.45) is 0 Å². The van der Waals surface area contributed by atoms with E-state index in [1.165, 1.54) is 0 Å². The minimum atomic E-state index is -0.222. The number of carbonyl (C=O) groups is 1. The van der Waals surface area contributed by atoms with Crippen molar-refractivity contribution < 1.29 is 4.79 Å². The number of likely N-dealkylation sites (N-methyl/N-ethyl adjacent to an activating group) is 1. The second kappa shape index (κ2) is 8.13. The summed E-state index contributed by atoms with van der Waals surface area (Å²) in [5.41, 5.74) is 3.07. The summed E-state index contributed by atoms with van der Waals surface area (Å²) >= 11 is 3.54. The van der Waals surface area contributed by atoms with E-state index in [0.29, 0.717) is 6.42 Å². The third-order valence-corrected chi connectivity index (χ3v) is 5.00. The van der Waals surface area contributed by atoms with E-state index in [9.17, 15) is 4.79 Å². The second-order valence-corrected chi connectivity index (χ2v) is 6.86. The van der Waals surface area contributed by atoms with Crippen LogP contribution >= 0.6 is 15.9 Å². The van der Waals surface area contributed by atoms with Gasteiger partial charge in [-0.05, 0) is 45.6 Å². The minimum Gasteiger partial charge on any atom is -0.314 e. The molecule has 0 heterocycles. The number of benzene rings is 3. The average Bonchev–Trinajstić information content (AvgIpc) is 2.67. The zero-order valence-corrected chi connectivity index (χ0v) is 15.7. The molecule has 0 bridgehead atoms. The molecule has 3 aromatic carbocycles. The SMILES string of the molecule is CN(C(=O)C(Cc1ccccc1)c1ccccc1)c1ccccc1Br. The molecule has 2 nitrogen and oxygen atoms in total. The van der Waals surface area contributed by atoms with Gasteiger partial charge >= 0.3 is 0 Å². The normalized spacial score (nSPS) is 11.8. The summed E-state index contributed by atoms with van der Waals surface area (Å²) in [6.07, 6.45) is 0.679. The van der Waals surface area contributed by atoms with Crippen molar-refractivity contribution in [3.63, 3.8) is 0 Å². The van der Waals surface area contributed by atoms with Gasteiger partial charge in [-0.3, -0.25) is 4.79 Å². The molecular formula is C22H20BrNO. The van der Waals surface area contributed by atoms with Crippen LogP contribution in [0.5, 0.6) is 0 Å². The van der Waals surface area contributed by atoms with Crippen molar-refractivity contribution in [2.75, 3.05) is 11.9 Å². The molecule has 25 heavy (non-hydrogen) atoms. The topological polar surface area (TPSA) is 20.3 Å². The van der Waals surface area contributed by atoms with Gasteiger partial charge in [0.2, 0.25) is 5.91 Å². The molecule has 0 aliphatic heterocycles. The lowest BCUT2D eigenvalue weighted by atomic mass is 9.90. The molecule has 1 amide bonds. The van der Waals surface area contributed by atoms with Crippen LogP contribution in [-0.4, -0.2) is 13.0 Å². The minimum absolute atomic E-state index is 0.0851. The molecule has 3 rings (SSSR count). The highest BCUT2D eigenvalue weighted by Crippen LogP contribution is 2.29. The predicted molar refractivity (Wildman–Crippen MR) is 107 cm³/mol. The van der Waals surface area contributed by atoms with Crippen molar-refractivity contribution in [1.29, 1.82) is 0 Å². The van der Waals surface area contributed by atoms with Gasteiger partial charge in [0.1, 0.15) is 0 Å². The number of amides is 1. The third-order valence-electron chi connectivity index (χ3n) is 4.33. The van der Waals surface area contributed by atoms with E-state index in [2.05, 4.69) is 28.1 Å². The summed E-state index contributed by atoms with van der Waals surface area (Å²) in [5, 5.41) is 0. The Hall–Kier alpha value is -2.39. The lowest BCUT2D eigenvalue weighted by molar-refractivity contribution is -0.119. The smallest absolute Gasteiger partial charge is 0.234 e. The first-order valence-electron chi connectivity index (χ1n) is 8.28. The highest BCUT2D eigenvalue weighted by molar-refractivity contribution is 9.10. The number of halogens is 1. The summed E-state index contributed by atoms with van der Waals surface area (Å²) in [7, 11) is 1.84. The lowest BCUT2D eigenvalue weighted by Gasteiger charge is -2.25. The van der Waals surface area contributed by atoms with Crippen molar-refractivity contribution in [2.45, 2.75) is 12.3 Å². The molecule has 0 aliphatic rings. The molecule has 0 radical (unpaired) electrons. The van der Waals surface area contributed by atoms with Gasteiger partial charge in [-0.15, -0.1) is 0 Å². The van der Waals surface area contributed by atoms with Crippen LogP contribution in [0.3, 0.4) is 0 Å². The zero-order valence-electron chi connectivity index (χ0n) is 14.1. The summed E-state index contributed by atoms with van der Waals surface area (Å²) in [4.78, 5) is 15.0. The Morgan fingerprint density at radius 1 is 0.880 bits per heavy atom. The first-order chi connectivity index (χ1) is 12.2. The summed E-state index contributed by atoms with van der Waals surface area (Å²) in [6.45, 7) is 0. The number of hydrogen-bond donors (Lipinski definition) is 0. The molecule has 126 valence electrons. The van der Waals surface area contributed by atoms with E-state index in [1.807, 2.05) is 79.8 Å². The molecule has 3 aromatic rings. The summed E-state index contributed by atoms with van der Waals surface area (Å²) < 4.78 is 0.914. The molecule has 0 saturated carbocycles. The molecule has 0 spiro atoms. The van der Waals surface area contributed by atoms with E-state index in [4.69, 9.17) is 0 Å². The first-order valence-corrected chi connectivity index (χ1v) is 9.07. The highest BCUT2D eigenvalue weighted by atomic mass is 79.9. The van der Waals surface area contributed by atoms with Crippen molar-refractivity contribution in [3.8, 4) is 0 Å². The number of para-hydroxylation sites is 1. The number of carbonyl (C=O) groups excluding carboxylic acids is 1. The number of hydrogen-bond acceptors (Lipinski definition) is 1. The van der Waals surface area contributed by atoms with Gasteiger partial charge < -0.3 is 4.90 Å². The summed E-state index contributed by atoms with van der Waals surface area (Å²) in [5.74, 6) is -0.136. The summed E-state index contributed by atoms with van der Waals surface area (Å²) in [6, 6.07) is 28.0.